The molecule has 33 heavy (non-hydrogen) atoms. The number of fused-ring (bicyclic) bond motifs is 2. The van der Waals surface area contributed by atoms with Crippen molar-refractivity contribution in [1.82, 2.24) is 19.8 Å². The van der Waals surface area contributed by atoms with Crippen LogP contribution in [-0.2, 0) is 54.2 Å². The van der Waals surface area contributed by atoms with Gasteiger partial charge in [-0.15, -0.1) is 0 Å². The van der Waals surface area contributed by atoms with Crippen LogP contribution in [0.15, 0.2) is 18.5 Å². The zero-order valence-corrected chi connectivity index (χ0v) is 19.4. The molecule has 0 radical (unpaired) electrons. The van der Waals surface area contributed by atoms with Crippen LogP contribution < -0.4 is 14.3 Å². The molecule has 2 N–H and O–H groups in total. The number of nitrogens with one attached hydrogen (secondary N) is 2. The summed E-state index contributed by atoms with van der Waals surface area (Å²) in [6.45, 7) is 1.41. The number of aryl methyl sites for hydroxylation is 3. The average Bonchev–Trinajstić information content (AvgIpc) is 3.49. The molecule has 1 aromatic heterocycles. The van der Waals surface area contributed by atoms with Crippen LogP contribution in [0.2, 0.25) is 0 Å². The summed E-state index contributed by atoms with van der Waals surface area (Å²) in [5, 5.41) is 7.42. The molecule has 1 amide bonds. The van der Waals surface area contributed by atoms with Gasteiger partial charge in [0.25, 0.3) is 0 Å². The Kier molecular flexibility index (Phi) is 7.55. The zero-order valence-electron chi connectivity index (χ0n) is 18.6. The van der Waals surface area contributed by atoms with E-state index in [0.717, 1.165) is 63.5 Å². The second kappa shape index (κ2) is 10.1. The van der Waals surface area contributed by atoms with E-state index in [0.29, 0.717) is 12.2 Å². The van der Waals surface area contributed by atoms with Crippen molar-refractivity contribution in [2.75, 3.05) is 17.4 Å². The molecule has 2 aromatic rings. The molecular weight excluding hydrogens is 449 g/mol. The van der Waals surface area contributed by atoms with Gasteiger partial charge in [0.2, 0.25) is 5.91 Å². The Labute approximate surface area is 218 Å². The van der Waals surface area contributed by atoms with Crippen LogP contribution in [0.1, 0.15) is 53.5 Å². The third kappa shape index (κ3) is 5.03. The molecule has 2 heterocycles. The van der Waals surface area contributed by atoms with Crippen LogP contribution in [0.5, 0.6) is 0 Å². The molecule has 1 unspecified atom stereocenters. The van der Waals surface area contributed by atoms with E-state index in [-0.39, 0.29) is 42.0 Å². The van der Waals surface area contributed by atoms with E-state index >= 15 is 0 Å². The molecule has 1 fully saturated rings. The molecule has 3 aliphatic rings. The molecule has 0 saturated carbocycles. The topological polar surface area (TPSA) is 96.3 Å². The van der Waals surface area contributed by atoms with Crippen LogP contribution in [0.25, 0.3) is 0 Å². The first kappa shape index (κ1) is 24.7. The summed E-state index contributed by atoms with van der Waals surface area (Å²) in [6.07, 6.45) is 11.2. The van der Waals surface area contributed by atoms with E-state index in [1.54, 1.807) is 17.9 Å². The minimum atomic E-state index is -4.07. The predicted molar refractivity (Wildman–Crippen MR) is 130 cm³/mol. The second-order valence-corrected chi connectivity index (χ2v) is 10.8. The Hall–Kier alpha value is -1.39. The van der Waals surface area contributed by atoms with Crippen molar-refractivity contribution in [3.63, 3.8) is 0 Å². The molecule has 0 spiro atoms. The quantitative estimate of drug-likeness (QED) is 0.598. The molecule has 1 atom stereocenters. The summed E-state index contributed by atoms with van der Waals surface area (Å²) in [5.41, 5.74) is 6.80. The van der Waals surface area contributed by atoms with Crippen molar-refractivity contribution in [1.29, 1.82) is 0 Å². The summed E-state index contributed by atoms with van der Waals surface area (Å²) in [4.78, 5) is 13.1. The van der Waals surface area contributed by atoms with Gasteiger partial charge in [-0.2, -0.15) is 13.5 Å². The molecule has 0 bridgehead atoms. The van der Waals surface area contributed by atoms with E-state index in [1.165, 1.54) is 32.8 Å². The van der Waals surface area contributed by atoms with E-state index < -0.39 is 16.1 Å². The summed E-state index contributed by atoms with van der Waals surface area (Å²) >= 11 is 0. The number of benzene rings is 1. The number of anilines is 1. The third-order valence-corrected chi connectivity index (χ3v) is 8.50. The van der Waals surface area contributed by atoms with Gasteiger partial charge in [0.1, 0.15) is 0 Å². The van der Waals surface area contributed by atoms with Gasteiger partial charge in [-0.25, -0.2) is 9.03 Å². The molecular formula is C23H32N5NaO3S. The van der Waals surface area contributed by atoms with Crippen LogP contribution in [-0.4, -0.2) is 72.8 Å². The van der Waals surface area contributed by atoms with Crippen LogP contribution >= 0.6 is 0 Å². The Bertz CT molecular complexity index is 1110. The Morgan fingerprint density at radius 2 is 1.88 bits per heavy atom. The summed E-state index contributed by atoms with van der Waals surface area (Å²) in [7, 11) is -2.32. The number of amides is 1. The van der Waals surface area contributed by atoms with Gasteiger partial charge in [-0.1, -0.05) is 6.07 Å². The van der Waals surface area contributed by atoms with Gasteiger partial charge in [-0.3, -0.25) is 9.48 Å². The van der Waals surface area contributed by atoms with E-state index in [4.69, 9.17) is 0 Å². The molecule has 8 nitrogen and oxygen atoms in total. The first-order valence-corrected chi connectivity index (χ1v) is 13.1. The van der Waals surface area contributed by atoms with Crippen molar-refractivity contribution < 1.29 is 13.2 Å². The van der Waals surface area contributed by atoms with Gasteiger partial charge in [0.05, 0.1) is 24.3 Å². The Morgan fingerprint density at radius 1 is 1.18 bits per heavy atom. The number of nitrogens with zero attached hydrogens (tertiary/aromatic N) is 3. The zero-order chi connectivity index (χ0) is 22.3. The van der Waals surface area contributed by atoms with E-state index in [9.17, 15) is 13.2 Å². The Morgan fingerprint density at radius 3 is 2.45 bits per heavy atom. The van der Waals surface area contributed by atoms with Gasteiger partial charge < -0.3 is 5.32 Å². The van der Waals surface area contributed by atoms with E-state index in [2.05, 4.69) is 21.2 Å². The fourth-order valence-electron chi connectivity index (χ4n) is 5.64. The van der Waals surface area contributed by atoms with Crippen LogP contribution in [0, 0.1) is 0 Å². The van der Waals surface area contributed by atoms with Crippen LogP contribution in [0.3, 0.4) is 0 Å². The van der Waals surface area contributed by atoms with Gasteiger partial charge in [0.15, 0.2) is 0 Å². The number of hydrogen-bond donors (Lipinski definition) is 2. The van der Waals surface area contributed by atoms with Crippen molar-refractivity contribution in [2.45, 2.75) is 63.8 Å². The van der Waals surface area contributed by atoms with Crippen molar-refractivity contribution in [3.8, 4) is 0 Å². The fraction of sp³-hybridized carbons (Fsp3) is 0.565. The van der Waals surface area contributed by atoms with Gasteiger partial charge in [0, 0.05) is 19.8 Å². The van der Waals surface area contributed by atoms with Crippen LogP contribution in [0.4, 0.5) is 5.69 Å². The maximum absolute atomic E-state index is 13.4. The summed E-state index contributed by atoms with van der Waals surface area (Å²) < 4.78 is 32.2. The molecule has 1 aromatic carbocycles. The molecule has 5 rings (SSSR count). The SMILES string of the molecule is Cn1cc(N(C2CCCNC2)S(=O)(=O)NC(=O)Cc2c3c(cc4c2CCC4)CCC3)cn1.[NaH]. The first-order valence-electron chi connectivity index (χ1n) is 11.6. The normalized spacial score (nSPS) is 19.5. The predicted octanol–water partition coefficient (Wildman–Crippen LogP) is 0.911. The maximum atomic E-state index is 13.4. The number of hydrogen-bond acceptors (Lipinski definition) is 5. The second-order valence-electron chi connectivity index (χ2n) is 9.21. The average molecular weight is 482 g/mol. The number of carbonyl (C=O) groups is 1. The Balaban J connectivity index is 0.00000259. The third-order valence-electron chi connectivity index (χ3n) is 6.99. The molecule has 2 aliphatic carbocycles. The van der Waals surface area contributed by atoms with Gasteiger partial charge in [-0.05, 0) is 85.7 Å². The minimum absolute atomic E-state index is 0. The fourth-order valence-corrected chi connectivity index (χ4v) is 7.04. The summed E-state index contributed by atoms with van der Waals surface area (Å²) in [6, 6.07) is 2.06. The molecule has 1 saturated heterocycles. The number of aromatic nitrogens is 2. The number of piperidine rings is 1. The summed E-state index contributed by atoms with van der Waals surface area (Å²) in [5.74, 6) is -0.461. The van der Waals surface area contributed by atoms with E-state index in [1.807, 2.05) is 0 Å². The molecule has 1 aliphatic heterocycles. The van der Waals surface area contributed by atoms with Crippen molar-refractivity contribution in [2.24, 2.45) is 7.05 Å². The van der Waals surface area contributed by atoms with Gasteiger partial charge >= 0.3 is 39.8 Å². The van der Waals surface area contributed by atoms with Crippen molar-refractivity contribution in [3.05, 3.63) is 46.3 Å². The number of rotatable bonds is 6. The molecule has 10 heteroatoms. The monoisotopic (exact) mass is 481 g/mol. The van der Waals surface area contributed by atoms with Crippen molar-refractivity contribution >= 4 is 51.4 Å². The number of carbonyl (C=O) groups excluding carboxylic acids is 1. The standard InChI is InChI=1S/C23H31N5O3S.Na.H/c1-27-15-19(14-25-27)28(18-7-4-10-24-13-18)32(30,31)26-23(29)12-22-20-8-2-5-16(20)11-17-6-3-9-21(17)22;;/h11,14-15,18,24H,2-10,12-13H2,1H3,(H,26,29);;. The first-order chi connectivity index (χ1) is 15.4. The molecule has 174 valence electrons.